The molecule has 2 amide bonds. The Labute approximate surface area is 208 Å². The number of ether oxygens (including phenoxy) is 1. The van der Waals surface area contributed by atoms with Crippen LogP contribution in [0.3, 0.4) is 0 Å². The molecule has 0 spiro atoms. The minimum atomic E-state index is -0.206. The van der Waals surface area contributed by atoms with Gasteiger partial charge in [0.05, 0.1) is 13.2 Å². The molecule has 0 fully saturated rings. The van der Waals surface area contributed by atoms with Crippen LogP contribution in [-0.4, -0.2) is 25.0 Å². The molecule has 3 aromatic carbocycles. The van der Waals surface area contributed by atoms with Crippen molar-refractivity contribution < 1.29 is 14.3 Å². The van der Waals surface area contributed by atoms with Crippen molar-refractivity contribution in [2.24, 2.45) is 0 Å². The molecule has 0 aromatic heterocycles. The third-order valence-electron chi connectivity index (χ3n) is 6.70. The molecule has 182 valence electrons. The fourth-order valence-electron chi connectivity index (χ4n) is 4.98. The van der Waals surface area contributed by atoms with Crippen LogP contribution in [0.4, 0.5) is 11.4 Å². The van der Waals surface area contributed by atoms with Crippen molar-refractivity contribution >= 4 is 23.2 Å². The smallest absolute Gasteiger partial charge is 0.258 e. The number of rotatable bonds is 8. The first-order chi connectivity index (χ1) is 17.0. The Morgan fingerprint density at radius 3 is 2.46 bits per heavy atom. The largest absolute Gasteiger partial charge is 0.497 e. The van der Waals surface area contributed by atoms with E-state index in [0.717, 1.165) is 36.2 Å². The van der Waals surface area contributed by atoms with Gasteiger partial charge in [-0.25, -0.2) is 0 Å². The molecule has 0 bridgehead atoms. The van der Waals surface area contributed by atoms with Crippen molar-refractivity contribution in [1.29, 1.82) is 0 Å². The molecule has 5 nitrogen and oxygen atoms in total. The van der Waals surface area contributed by atoms with Crippen LogP contribution in [0, 0.1) is 0 Å². The highest BCUT2D eigenvalue weighted by Crippen LogP contribution is 2.43. The summed E-state index contributed by atoms with van der Waals surface area (Å²) in [4.78, 5) is 31.1. The summed E-state index contributed by atoms with van der Waals surface area (Å²) in [5.74, 6) is 0.706. The number of nitrogens with zero attached hydrogens (tertiary/aromatic N) is 2. The first kappa shape index (κ1) is 24.5. The van der Waals surface area contributed by atoms with Gasteiger partial charge >= 0.3 is 0 Å². The van der Waals surface area contributed by atoms with Crippen LogP contribution in [0.5, 0.6) is 5.75 Å². The molecule has 0 saturated heterocycles. The fraction of sp³-hybridized carbons (Fsp3) is 0.333. The maximum absolute atomic E-state index is 14.0. The Balaban J connectivity index is 1.76. The summed E-state index contributed by atoms with van der Waals surface area (Å²) < 4.78 is 5.38. The van der Waals surface area contributed by atoms with Crippen molar-refractivity contribution in [3.63, 3.8) is 0 Å². The average Bonchev–Trinajstić information content (AvgIpc) is 2.89. The first-order valence-electron chi connectivity index (χ1n) is 12.5. The van der Waals surface area contributed by atoms with E-state index in [9.17, 15) is 9.59 Å². The number of hydrogen-bond donors (Lipinski definition) is 0. The van der Waals surface area contributed by atoms with Gasteiger partial charge in [-0.1, -0.05) is 62.2 Å². The molecule has 1 heterocycles. The molecule has 0 unspecified atom stereocenters. The highest BCUT2D eigenvalue weighted by molar-refractivity contribution is 6.07. The fourth-order valence-corrected chi connectivity index (χ4v) is 4.98. The molecule has 0 radical (unpaired) electrons. The van der Waals surface area contributed by atoms with E-state index in [2.05, 4.69) is 13.8 Å². The van der Waals surface area contributed by atoms with Crippen LogP contribution in [0.2, 0.25) is 0 Å². The van der Waals surface area contributed by atoms with E-state index in [-0.39, 0.29) is 23.9 Å². The van der Waals surface area contributed by atoms with E-state index in [4.69, 9.17) is 4.74 Å². The van der Waals surface area contributed by atoms with E-state index in [1.165, 1.54) is 0 Å². The summed E-state index contributed by atoms with van der Waals surface area (Å²) >= 11 is 0. The van der Waals surface area contributed by atoms with Gasteiger partial charge in [-0.2, -0.15) is 0 Å². The van der Waals surface area contributed by atoms with E-state index < -0.39 is 0 Å². The summed E-state index contributed by atoms with van der Waals surface area (Å²) in [5, 5.41) is 0. The maximum Gasteiger partial charge on any atom is 0.258 e. The SMILES string of the molecule is CCCCCC(=O)N1c2ccccc2[C@@H](N(C(=O)c2cccc(OC)c2)c2ccccc2)C[C@H]1C. The van der Waals surface area contributed by atoms with Crippen LogP contribution in [0.15, 0.2) is 78.9 Å². The number of anilines is 2. The molecule has 1 aliphatic heterocycles. The Kier molecular flexibility index (Phi) is 7.86. The Bertz CT molecular complexity index is 1160. The Hall–Kier alpha value is -3.60. The number of benzene rings is 3. The monoisotopic (exact) mass is 470 g/mol. The number of hydrogen-bond acceptors (Lipinski definition) is 3. The second-order valence-corrected chi connectivity index (χ2v) is 9.12. The molecule has 0 N–H and O–H groups in total. The lowest BCUT2D eigenvalue weighted by Crippen LogP contribution is -2.47. The van der Waals surface area contributed by atoms with Gasteiger partial charge in [0.25, 0.3) is 5.91 Å². The zero-order valence-electron chi connectivity index (χ0n) is 20.8. The van der Waals surface area contributed by atoms with Crippen molar-refractivity contribution in [2.75, 3.05) is 16.9 Å². The summed E-state index contributed by atoms with van der Waals surface area (Å²) in [5.41, 5.74) is 3.29. The quantitative estimate of drug-likeness (QED) is 0.341. The topological polar surface area (TPSA) is 49.9 Å². The molecule has 0 saturated carbocycles. The van der Waals surface area contributed by atoms with Crippen LogP contribution in [-0.2, 0) is 4.79 Å². The van der Waals surface area contributed by atoms with Crippen molar-refractivity contribution in [3.05, 3.63) is 90.0 Å². The van der Waals surface area contributed by atoms with Gasteiger partial charge in [-0.15, -0.1) is 0 Å². The minimum Gasteiger partial charge on any atom is -0.497 e. The summed E-state index contributed by atoms with van der Waals surface area (Å²) in [6.07, 6.45) is 4.23. The van der Waals surface area contributed by atoms with Gasteiger partial charge in [-0.3, -0.25) is 9.59 Å². The van der Waals surface area contributed by atoms with E-state index in [1.807, 2.05) is 82.6 Å². The predicted molar refractivity (Wildman–Crippen MR) is 141 cm³/mol. The third kappa shape index (κ3) is 5.24. The van der Waals surface area contributed by atoms with Gasteiger partial charge in [0.15, 0.2) is 0 Å². The van der Waals surface area contributed by atoms with Crippen molar-refractivity contribution in [1.82, 2.24) is 0 Å². The minimum absolute atomic E-state index is 0.0339. The summed E-state index contributed by atoms with van der Waals surface area (Å²) in [7, 11) is 1.60. The van der Waals surface area contributed by atoms with E-state index >= 15 is 0 Å². The highest BCUT2D eigenvalue weighted by Gasteiger charge is 2.38. The normalized spacial score (nSPS) is 16.9. The van der Waals surface area contributed by atoms with Gasteiger partial charge < -0.3 is 14.5 Å². The Morgan fingerprint density at radius 1 is 0.971 bits per heavy atom. The molecule has 3 aromatic rings. The van der Waals surface area contributed by atoms with Crippen LogP contribution >= 0.6 is 0 Å². The zero-order chi connectivity index (χ0) is 24.8. The molecule has 35 heavy (non-hydrogen) atoms. The Morgan fingerprint density at radius 2 is 1.71 bits per heavy atom. The standard InChI is InChI=1S/C30H34N2O3/c1-4-5-7-19-29(33)31-22(2)20-28(26-17-10-11-18-27(26)31)32(24-14-8-6-9-15-24)30(34)23-13-12-16-25(21-23)35-3/h6,8-18,21-22,28H,4-5,7,19-20H2,1-3H3/t22-,28+/m1/s1. The van der Waals surface area contributed by atoms with Gasteiger partial charge in [0, 0.05) is 29.4 Å². The maximum atomic E-state index is 14.0. The highest BCUT2D eigenvalue weighted by atomic mass is 16.5. The van der Waals surface area contributed by atoms with Crippen LogP contribution in [0.1, 0.15) is 67.9 Å². The number of amides is 2. The summed E-state index contributed by atoms with van der Waals surface area (Å²) in [6.45, 7) is 4.23. The average molecular weight is 471 g/mol. The van der Waals surface area contributed by atoms with Gasteiger partial charge in [0.2, 0.25) is 5.91 Å². The van der Waals surface area contributed by atoms with E-state index in [0.29, 0.717) is 24.2 Å². The van der Waals surface area contributed by atoms with Crippen LogP contribution in [0.25, 0.3) is 0 Å². The lowest BCUT2D eigenvalue weighted by Gasteiger charge is -2.43. The number of fused-ring (bicyclic) bond motifs is 1. The van der Waals surface area contributed by atoms with E-state index in [1.54, 1.807) is 13.2 Å². The number of carbonyl (C=O) groups is 2. The number of unbranched alkanes of at least 4 members (excludes halogenated alkanes) is 2. The second-order valence-electron chi connectivity index (χ2n) is 9.12. The lowest BCUT2D eigenvalue weighted by molar-refractivity contribution is -0.119. The number of carbonyl (C=O) groups excluding carboxylic acids is 2. The molecule has 2 atom stereocenters. The molecule has 0 aliphatic carbocycles. The summed E-state index contributed by atoms with van der Waals surface area (Å²) in [6, 6.07) is 24.8. The van der Waals surface area contributed by atoms with Gasteiger partial charge in [0.1, 0.15) is 5.75 Å². The second kappa shape index (κ2) is 11.2. The van der Waals surface area contributed by atoms with Crippen LogP contribution < -0.4 is 14.5 Å². The van der Waals surface area contributed by atoms with Crippen molar-refractivity contribution in [2.45, 2.75) is 58.0 Å². The zero-order valence-corrected chi connectivity index (χ0v) is 20.8. The lowest BCUT2D eigenvalue weighted by atomic mass is 9.89. The molecular formula is C30H34N2O3. The molecular weight excluding hydrogens is 436 g/mol. The van der Waals surface area contributed by atoms with Gasteiger partial charge in [-0.05, 0) is 61.7 Å². The third-order valence-corrected chi connectivity index (χ3v) is 6.70. The first-order valence-corrected chi connectivity index (χ1v) is 12.5. The number of methoxy groups -OCH3 is 1. The number of para-hydroxylation sites is 2. The molecule has 5 heteroatoms. The predicted octanol–water partition coefficient (Wildman–Crippen LogP) is 6.79. The molecule has 1 aliphatic rings. The molecule has 4 rings (SSSR count). The van der Waals surface area contributed by atoms with Crippen molar-refractivity contribution in [3.8, 4) is 5.75 Å².